The lowest BCUT2D eigenvalue weighted by Gasteiger charge is -2.31. The molecule has 18 heavy (non-hydrogen) atoms. The van der Waals surface area contributed by atoms with Gasteiger partial charge in [-0.1, -0.05) is 12.1 Å². The minimum atomic E-state index is -0.147. The van der Waals surface area contributed by atoms with Crippen LogP contribution >= 0.6 is 0 Å². The van der Waals surface area contributed by atoms with Crippen molar-refractivity contribution in [2.24, 2.45) is 5.73 Å². The summed E-state index contributed by atoms with van der Waals surface area (Å²) in [7, 11) is 2.05. The highest BCUT2D eigenvalue weighted by molar-refractivity contribution is 5.25. The van der Waals surface area contributed by atoms with Gasteiger partial charge < -0.3 is 10.5 Å². The molecule has 0 bridgehead atoms. The van der Waals surface area contributed by atoms with E-state index in [4.69, 9.17) is 10.5 Å². The van der Waals surface area contributed by atoms with Gasteiger partial charge in [0.15, 0.2) is 0 Å². The van der Waals surface area contributed by atoms with E-state index < -0.39 is 0 Å². The molecule has 1 aliphatic rings. The van der Waals surface area contributed by atoms with Crippen LogP contribution < -0.4 is 5.73 Å². The second kappa shape index (κ2) is 6.27. The van der Waals surface area contributed by atoms with E-state index in [1.54, 1.807) is 6.07 Å². The molecule has 1 aromatic rings. The summed E-state index contributed by atoms with van der Waals surface area (Å²) in [5, 5.41) is 0. The summed E-state index contributed by atoms with van der Waals surface area (Å²) < 4.78 is 19.1. The molecule has 0 aliphatic carbocycles. The van der Waals surface area contributed by atoms with Gasteiger partial charge in [-0.05, 0) is 31.5 Å². The van der Waals surface area contributed by atoms with Gasteiger partial charge in [0.1, 0.15) is 5.82 Å². The summed E-state index contributed by atoms with van der Waals surface area (Å²) in [6, 6.07) is 5.60. The molecule has 0 atom stereocenters. The van der Waals surface area contributed by atoms with Crippen molar-refractivity contribution in [1.29, 1.82) is 0 Å². The molecule has 4 heteroatoms. The Morgan fingerprint density at radius 3 is 2.78 bits per heavy atom. The summed E-state index contributed by atoms with van der Waals surface area (Å²) in [4.78, 5) is 2.21. The lowest BCUT2D eigenvalue weighted by atomic mass is 10.1. The second-order valence-electron chi connectivity index (χ2n) is 4.89. The molecular formula is C14H21FN2O. The normalized spacial score (nSPS) is 17.3. The van der Waals surface area contributed by atoms with E-state index >= 15 is 0 Å². The molecule has 0 spiro atoms. The van der Waals surface area contributed by atoms with Crippen molar-refractivity contribution in [2.45, 2.75) is 32.0 Å². The Hall–Kier alpha value is -0.970. The predicted octanol–water partition coefficient (Wildman–Crippen LogP) is 1.90. The van der Waals surface area contributed by atoms with E-state index in [0.29, 0.717) is 19.1 Å². The number of nitrogens with zero attached hydrogens (tertiary/aromatic N) is 1. The molecule has 0 radical (unpaired) electrons. The van der Waals surface area contributed by atoms with E-state index in [-0.39, 0.29) is 5.82 Å². The largest absolute Gasteiger partial charge is 0.381 e. The number of benzene rings is 1. The number of rotatable bonds is 4. The summed E-state index contributed by atoms with van der Waals surface area (Å²) in [6.07, 6.45) is 2.05. The van der Waals surface area contributed by atoms with E-state index in [9.17, 15) is 4.39 Å². The van der Waals surface area contributed by atoms with Crippen LogP contribution in [0.3, 0.4) is 0 Å². The van der Waals surface area contributed by atoms with E-state index in [0.717, 1.165) is 37.2 Å². The van der Waals surface area contributed by atoms with Crippen LogP contribution in [0.25, 0.3) is 0 Å². The Balaban J connectivity index is 2.03. The maximum atomic E-state index is 13.7. The zero-order chi connectivity index (χ0) is 13.0. The van der Waals surface area contributed by atoms with Gasteiger partial charge in [-0.15, -0.1) is 0 Å². The van der Waals surface area contributed by atoms with Crippen molar-refractivity contribution in [3.8, 4) is 0 Å². The fourth-order valence-electron chi connectivity index (χ4n) is 2.40. The number of hydrogen-bond acceptors (Lipinski definition) is 3. The first-order valence-corrected chi connectivity index (χ1v) is 6.46. The molecule has 0 unspecified atom stereocenters. The number of ether oxygens (including phenoxy) is 1. The van der Waals surface area contributed by atoms with Gasteiger partial charge in [-0.3, -0.25) is 4.90 Å². The van der Waals surface area contributed by atoms with Crippen molar-refractivity contribution in [3.63, 3.8) is 0 Å². The minimum absolute atomic E-state index is 0.147. The molecule has 100 valence electrons. The average Bonchev–Trinajstić information content (AvgIpc) is 2.42. The van der Waals surface area contributed by atoms with Crippen molar-refractivity contribution < 1.29 is 9.13 Å². The molecular weight excluding hydrogens is 231 g/mol. The summed E-state index contributed by atoms with van der Waals surface area (Å²) in [5.74, 6) is -0.147. The average molecular weight is 252 g/mol. The standard InChI is InChI=1S/C14H21FN2O/c1-17(13-4-6-18-7-5-13)10-12-8-11(9-16)2-3-14(12)15/h2-3,8,13H,4-7,9-10,16H2,1H3. The highest BCUT2D eigenvalue weighted by atomic mass is 19.1. The van der Waals surface area contributed by atoms with E-state index in [2.05, 4.69) is 4.90 Å². The molecule has 1 heterocycles. The van der Waals surface area contributed by atoms with E-state index in [1.807, 2.05) is 13.1 Å². The van der Waals surface area contributed by atoms with Gasteiger partial charge >= 0.3 is 0 Å². The Bertz CT molecular complexity index is 391. The molecule has 1 aliphatic heterocycles. The Kier molecular flexibility index (Phi) is 4.69. The summed E-state index contributed by atoms with van der Waals surface area (Å²) >= 11 is 0. The first kappa shape index (κ1) is 13.5. The SMILES string of the molecule is CN(Cc1cc(CN)ccc1F)C1CCOCC1. The zero-order valence-corrected chi connectivity index (χ0v) is 10.9. The van der Waals surface area contributed by atoms with Crippen molar-refractivity contribution in [1.82, 2.24) is 4.90 Å². The topological polar surface area (TPSA) is 38.5 Å². The molecule has 1 fully saturated rings. The van der Waals surface area contributed by atoms with Crippen LogP contribution in [0.1, 0.15) is 24.0 Å². The predicted molar refractivity (Wildman–Crippen MR) is 69.6 cm³/mol. The molecule has 1 saturated heterocycles. The Labute approximate surface area is 108 Å². The minimum Gasteiger partial charge on any atom is -0.381 e. The number of halogens is 1. The van der Waals surface area contributed by atoms with Crippen molar-refractivity contribution >= 4 is 0 Å². The van der Waals surface area contributed by atoms with Gasteiger partial charge in [0.25, 0.3) is 0 Å². The maximum absolute atomic E-state index is 13.7. The van der Waals surface area contributed by atoms with Gasteiger partial charge in [0.05, 0.1) is 0 Å². The Morgan fingerprint density at radius 2 is 2.11 bits per heavy atom. The van der Waals surface area contributed by atoms with Crippen molar-refractivity contribution in [3.05, 3.63) is 35.1 Å². The third-order valence-corrected chi connectivity index (χ3v) is 3.58. The highest BCUT2D eigenvalue weighted by Crippen LogP contribution is 2.18. The van der Waals surface area contributed by atoms with Crippen LogP contribution in [-0.4, -0.2) is 31.2 Å². The first-order valence-electron chi connectivity index (χ1n) is 6.46. The molecule has 0 amide bonds. The second-order valence-corrected chi connectivity index (χ2v) is 4.89. The monoisotopic (exact) mass is 252 g/mol. The lowest BCUT2D eigenvalue weighted by Crippen LogP contribution is -2.36. The van der Waals surface area contributed by atoms with Crippen LogP contribution in [0.5, 0.6) is 0 Å². The molecule has 0 aromatic heterocycles. The summed E-state index contributed by atoms with van der Waals surface area (Å²) in [5.41, 5.74) is 7.30. The lowest BCUT2D eigenvalue weighted by molar-refractivity contribution is 0.0404. The van der Waals surface area contributed by atoms with Crippen molar-refractivity contribution in [2.75, 3.05) is 20.3 Å². The molecule has 0 saturated carbocycles. The van der Waals surface area contributed by atoms with Crippen LogP contribution in [0.15, 0.2) is 18.2 Å². The number of hydrogen-bond donors (Lipinski definition) is 1. The summed E-state index contributed by atoms with van der Waals surface area (Å²) in [6.45, 7) is 2.69. The molecule has 2 N–H and O–H groups in total. The fraction of sp³-hybridized carbons (Fsp3) is 0.571. The van der Waals surface area contributed by atoms with Crippen LogP contribution in [0, 0.1) is 5.82 Å². The number of nitrogens with two attached hydrogens (primary N) is 1. The Morgan fingerprint density at radius 1 is 1.39 bits per heavy atom. The molecule has 3 nitrogen and oxygen atoms in total. The molecule has 2 rings (SSSR count). The maximum Gasteiger partial charge on any atom is 0.127 e. The van der Waals surface area contributed by atoms with Gasteiger partial charge in [-0.25, -0.2) is 4.39 Å². The third-order valence-electron chi connectivity index (χ3n) is 3.58. The van der Waals surface area contributed by atoms with Gasteiger partial charge in [0, 0.05) is 37.9 Å². The quantitative estimate of drug-likeness (QED) is 0.889. The van der Waals surface area contributed by atoms with Crippen LogP contribution in [0.2, 0.25) is 0 Å². The molecule has 1 aromatic carbocycles. The van der Waals surface area contributed by atoms with Crippen LogP contribution in [-0.2, 0) is 17.8 Å². The fourth-order valence-corrected chi connectivity index (χ4v) is 2.40. The first-order chi connectivity index (χ1) is 8.70. The van der Waals surface area contributed by atoms with Gasteiger partial charge in [-0.2, -0.15) is 0 Å². The third kappa shape index (κ3) is 3.28. The smallest absolute Gasteiger partial charge is 0.127 e. The van der Waals surface area contributed by atoms with Crippen LogP contribution in [0.4, 0.5) is 4.39 Å². The zero-order valence-electron chi connectivity index (χ0n) is 10.9. The van der Waals surface area contributed by atoms with E-state index in [1.165, 1.54) is 6.07 Å². The van der Waals surface area contributed by atoms with Gasteiger partial charge in [0.2, 0.25) is 0 Å². The highest BCUT2D eigenvalue weighted by Gasteiger charge is 2.19.